The van der Waals surface area contributed by atoms with Gasteiger partial charge in [0.15, 0.2) is 0 Å². The van der Waals surface area contributed by atoms with E-state index in [0.717, 1.165) is 38.6 Å². The summed E-state index contributed by atoms with van der Waals surface area (Å²) in [5.74, 6) is 1.06. The molecule has 1 N–H and O–H groups in total. The fraction of sp³-hybridized carbons (Fsp3) is 0.667. The quantitative estimate of drug-likeness (QED) is 0.818. The number of anilines is 1. The summed E-state index contributed by atoms with van der Waals surface area (Å²) >= 11 is 0. The van der Waals surface area contributed by atoms with Crippen molar-refractivity contribution in [3.05, 3.63) is 23.9 Å². The first kappa shape index (κ1) is 14.3. The zero-order valence-corrected chi connectivity index (χ0v) is 12.1. The van der Waals surface area contributed by atoms with Crippen molar-refractivity contribution in [1.82, 2.24) is 10.3 Å². The smallest absolute Gasteiger partial charge is 0.128 e. The van der Waals surface area contributed by atoms with Crippen molar-refractivity contribution in [3.8, 4) is 0 Å². The van der Waals surface area contributed by atoms with Gasteiger partial charge in [0.25, 0.3) is 0 Å². The second kappa shape index (κ2) is 7.46. The van der Waals surface area contributed by atoms with Crippen molar-refractivity contribution in [2.24, 2.45) is 0 Å². The Hall–Kier alpha value is -1.13. The summed E-state index contributed by atoms with van der Waals surface area (Å²) < 4.78 is 5.72. The highest BCUT2D eigenvalue weighted by Crippen LogP contribution is 2.18. The fourth-order valence-corrected chi connectivity index (χ4v) is 2.43. The molecule has 0 saturated carbocycles. The van der Waals surface area contributed by atoms with Crippen molar-refractivity contribution in [2.45, 2.75) is 39.3 Å². The number of rotatable bonds is 7. The Morgan fingerprint density at radius 1 is 1.47 bits per heavy atom. The minimum Gasteiger partial charge on any atom is -0.376 e. The van der Waals surface area contributed by atoms with E-state index in [9.17, 15) is 0 Å². The van der Waals surface area contributed by atoms with Gasteiger partial charge in [0, 0.05) is 32.4 Å². The first-order valence-electron chi connectivity index (χ1n) is 7.35. The summed E-state index contributed by atoms with van der Waals surface area (Å²) in [5.41, 5.74) is 1.29. The minimum absolute atomic E-state index is 0.374. The molecule has 1 aliphatic heterocycles. The van der Waals surface area contributed by atoms with Crippen molar-refractivity contribution in [2.75, 3.05) is 31.1 Å². The van der Waals surface area contributed by atoms with Crippen LogP contribution in [0.5, 0.6) is 0 Å². The third-order valence-corrected chi connectivity index (χ3v) is 3.54. The molecule has 0 spiro atoms. The molecule has 1 aromatic rings. The largest absolute Gasteiger partial charge is 0.376 e. The van der Waals surface area contributed by atoms with Gasteiger partial charge in [-0.3, -0.25) is 0 Å². The van der Waals surface area contributed by atoms with Crippen LogP contribution in [0, 0.1) is 0 Å². The molecule has 106 valence electrons. The van der Waals surface area contributed by atoms with Crippen LogP contribution >= 0.6 is 0 Å². The van der Waals surface area contributed by atoms with Crippen LogP contribution in [-0.2, 0) is 11.3 Å². The van der Waals surface area contributed by atoms with Gasteiger partial charge in [0.1, 0.15) is 5.82 Å². The Balaban J connectivity index is 2.00. The number of pyridine rings is 1. The maximum Gasteiger partial charge on any atom is 0.128 e. The summed E-state index contributed by atoms with van der Waals surface area (Å²) in [7, 11) is 0. The van der Waals surface area contributed by atoms with E-state index in [0.29, 0.717) is 6.10 Å². The number of ether oxygens (including phenoxy) is 1. The number of nitrogens with one attached hydrogen (secondary N) is 1. The Kier molecular flexibility index (Phi) is 5.61. The van der Waals surface area contributed by atoms with E-state index >= 15 is 0 Å². The van der Waals surface area contributed by atoms with Crippen LogP contribution < -0.4 is 10.2 Å². The molecule has 19 heavy (non-hydrogen) atoms. The summed E-state index contributed by atoms with van der Waals surface area (Å²) in [4.78, 5) is 6.81. The van der Waals surface area contributed by atoms with Gasteiger partial charge in [-0.1, -0.05) is 6.92 Å². The van der Waals surface area contributed by atoms with Crippen molar-refractivity contribution < 1.29 is 4.74 Å². The number of hydrogen-bond acceptors (Lipinski definition) is 4. The van der Waals surface area contributed by atoms with Gasteiger partial charge in [0.05, 0.1) is 6.10 Å². The van der Waals surface area contributed by atoms with E-state index in [-0.39, 0.29) is 0 Å². The first-order chi connectivity index (χ1) is 9.33. The zero-order chi connectivity index (χ0) is 13.5. The molecule has 4 nitrogen and oxygen atoms in total. The average molecular weight is 263 g/mol. The minimum atomic E-state index is 0.374. The second-order valence-electron chi connectivity index (χ2n) is 4.98. The molecule has 0 aliphatic carbocycles. The summed E-state index contributed by atoms with van der Waals surface area (Å²) in [6, 6.07) is 4.26. The Labute approximate surface area is 116 Å². The lowest BCUT2D eigenvalue weighted by Gasteiger charge is -2.25. The number of likely N-dealkylation sites (N-methyl/N-ethyl adjacent to an activating group) is 1. The van der Waals surface area contributed by atoms with Gasteiger partial charge in [-0.05, 0) is 44.0 Å². The molecule has 1 atom stereocenters. The standard InChI is InChI=1S/C15H25N3O/c1-3-16-11-13-7-8-17-15(10-13)18(4-2)12-14-6-5-9-19-14/h7-8,10,14,16H,3-6,9,11-12H2,1-2H3. The van der Waals surface area contributed by atoms with Gasteiger partial charge in [-0.15, -0.1) is 0 Å². The van der Waals surface area contributed by atoms with E-state index in [2.05, 4.69) is 41.2 Å². The lowest BCUT2D eigenvalue weighted by atomic mass is 10.2. The molecule has 0 amide bonds. The van der Waals surface area contributed by atoms with Crippen LogP contribution in [0.15, 0.2) is 18.3 Å². The molecule has 4 heteroatoms. The lowest BCUT2D eigenvalue weighted by molar-refractivity contribution is 0.115. The SMILES string of the molecule is CCNCc1ccnc(N(CC)CC2CCCO2)c1. The Bertz CT molecular complexity index is 377. The molecule has 0 bridgehead atoms. The van der Waals surface area contributed by atoms with Gasteiger partial charge < -0.3 is 15.0 Å². The van der Waals surface area contributed by atoms with Crippen molar-refractivity contribution in [3.63, 3.8) is 0 Å². The fourth-order valence-electron chi connectivity index (χ4n) is 2.43. The van der Waals surface area contributed by atoms with Crippen LogP contribution in [0.2, 0.25) is 0 Å². The zero-order valence-electron chi connectivity index (χ0n) is 12.1. The molecular formula is C15H25N3O. The lowest BCUT2D eigenvalue weighted by Crippen LogP contribution is -2.32. The van der Waals surface area contributed by atoms with Crippen LogP contribution in [0.3, 0.4) is 0 Å². The molecule has 0 aromatic carbocycles. The predicted molar refractivity (Wildman–Crippen MR) is 78.5 cm³/mol. The number of hydrogen-bond donors (Lipinski definition) is 1. The van der Waals surface area contributed by atoms with Crippen molar-refractivity contribution in [1.29, 1.82) is 0 Å². The van der Waals surface area contributed by atoms with E-state index in [1.54, 1.807) is 0 Å². The van der Waals surface area contributed by atoms with Crippen molar-refractivity contribution >= 4 is 5.82 Å². The van der Waals surface area contributed by atoms with E-state index in [1.165, 1.54) is 18.4 Å². The highest BCUT2D eigenvalue weighted by molar-refractivity contribution is 5.41. The predicted octanol–water partition coefficient (Wildman–Crippen LogP) is 2.20. The Morgan fingerprint density at radius 2 is 2.37 bits per heavy atom. The molecular weight excluding hydrogens is 238 g/mol. The van der Waals surface area contributed by atoms with Crippen LogP contribution in [-0.4, -0.2) is 37.3 Å². The molecule has 1 aromatic heterocycles. The summed E-state index contributed by atoms with van der Waals surface area (Å²) in [6.07, 6.45) is 4.64. The number of nitrogens with zero attached hydrogens (tertiary/aromatic N) is 2. The second-order valence-corrected chi connectivity index (χ2v) is 4.98. The third kappa shape index (κ3) is 4.18. The van der Waals surface area contributed by atoms with Gasteiger partial charge in [-0.2, -0.15) is 0 Å². The summed E-state index contributed by atoms with van der Waals surface area (Å²) in [6.45, 7) is 9.03. The van der Waals surface area contributed by atoms with Gasteiger partial charge >= 0.3 is 0 Å². The number of aromatic nitrogens is 1. The molecule has 0 radical (unpaired) electrons. The van der Waals surface area contributed by atoms with Crippen LogP contribution in [0.1, 0.15) is 32.3 Å². The molecule has 2 rings (SSSR count). The van der Waals surface area contributed by atoms with E-state index < -0.39 is 0 Å². The van der Waals surface area contributed by atoms with Gasteiger partial charge in [0.2, 0.25) is 0 Å². The monoisotopic (exact) mass is 263 g/mol. The topological polar surface area (TPSA) is 37.4 Å². The maximum atomic E-state index is 5.72. The molecule has 1 saturated heterocycles. The molecule has 1 aliphatic rings. The summed E-state index contributed by atoms with van der Waals surface area (Å²) in [5, 5.41) is 3.35. The highest BCUT2D eigenvalue weighted by atomic mass is 16.5. The first-order valence-corrected chi connectivity index (χ1v) is 7.35. The molecule has 1 fully saturated rings. The average Bonchev–Trinajstić information content (AvgIpc) is 2.96. The van der Waals surface area contributed by atoms with Gasteiger partial charge in [-0.25, -0.2) is 4.98 Å². The van der Waals surface area contributed by atoms with E-state index in [1.807, 2.05) is 6.20 Å². The van der Waals surface area contributed by atoms with Crippen LogP contribution in [0.4, 0.5) is 5.82 Å². The maximum absolute atomic E-state index is 5.72. The molecule has 2 heterocycles. The Morgan fingerprint density at radius 3 is 3.05 bits per heavy atom. The normalized spacial score (nSPS) is 18.7. The van der Waals surface area contributed by atoms with Crippen LogP contribution in [0.25, 0.3) is 0 Å². The van der Waals surface area contributed by atoms with E-state index in [4.69, 9.17) is 4.74 Å². The highest BCUT2D eigenvalue weighted by Gasteiger charge is 2.19. The molecule has 1 unspecified atom stereocenters. The third-order valence-electron chi connectivity index (χ3n) is 3.54.